The average molecular weight is 436 g/mol. The average Bonchev–Trinajstić information content (AvgIpc) is 2.76. The molecule has 0 radical (unpaired) electrons. The fourth-order valence-electron chi connectivity index (χ4n) is 3.51. The first-order valence-corrected chi connectivity index (χ1v) is 9.86. The number of halogens is 3. The van der Waals surface area contributed by atoms with Crippen molar-refractivity contribution in [3.63, 3.8) is 0 Å². The van der Waals surface area contributed by atoms with Crippen LogP contribution in [0.4, 0.5) is 18.9 Å². The maximum atomic E-state index is 13.1. The molecule has 1 amide bonds. The highest BCUT2D eigenvalue weighted by atomic mass is 19.4. The van der Waals surface area contributed by atoms with E-state index in [0.29, 0.717) is 16.5 Å². The molecule has 1 aromatic heterocycles. The number of nitrogens with one attached hydrogen (secondary N) is 1. The smallest absolute Gasteiger partial charge is 0.322 e. The van der Waals surface area contributed by atoms with Crippen LogP contribution in [-0.4, -0.2) is 10.5 Å². The fraction of sp³-hybridized carbons (Fsp3) is 0.120. The summed E-state index contributed by atoms with van der Waals surface area (Å²) in [5.74, 6) is -0.613. The van der Waals surface area contributed by atoms with Gasteiger partial charge in [-0.05, 0) is 61.4 Å². The molecule has 3 aromatic carbocycles. The van der Waals surface area contributed by atoms with Gasteiger partial charge in [0, 0.05) is 28.3 Å². The first-order valence-electron chi connectivity index (χ1n) is 9.86. The predicted molar refractivity (Wildman–Crippen MR) is 118 cm³/mol. The van der Waals surface area contributed by atoms with Gasteiger partial charge in [-0.1, -0.05) is 30.3 Å². The fourth-order valence-corrected chi connectivity index (χ4v) is 3.51. The second-order valence-corrected chi connectivity index (χ2v) is 7.56. The summed E-state index contributed by atoms with van der Waals surface area (Å²) in [7, 11) is 0. The van der Waals surface area contributed by atoms with Crippen molar-refractivity contribution in [3.05, 3.63) is 106 Å². The number of nitrogens with zero attached hydrogens (tertiary/aromatic N) is 1. The molecule has 1 heterocycles. The van der Waals surface area contributed by atoms with Crippen molar-refractivity contribution in [1.82, 2.24) is 4.57 Å². The predicted octanol–water partition coefficient (Wildman–Crippen LogP) is 5.88. The largest absolute Gasteiger partial charge is 0.416 e. The molecule has 32 heavy (non-hydrogen) atoms. The summed E-state index contributed by atoms with van der Waals surface area (Å²) in [5, 5.41) is 3.28. The van der Waals surface area contributed by atoms with Gasteiger partial charge in [0.1, 0.15) is 0 Å². The van der Waals surface area contributed by atoms with Crippen LogP contribution in [0.25, 0.3) is 16.5 Å². The molecule has 162 valence electrons. The van der Waals surface area contributed by atoms with Gasteiger partial charge in [-0.25, -0.2) is 0 Å². The first kappa shape index (κ1) is 21.4. The summed E-state index contributed by atoms with van der Waals surface area (Å²) >= 11 is 0. The summed E-state index contributed by atoms with van der Waals surface area (Å²) in [4.78, 5) is 26.2. The van der Waals surface area contributed by atoms with E-state index in [1.807, 2.05) is 26.0 Å². The summed E-state index contributed by atoms with van der Waals surface area (Å²) in [6.07, 6.45) is -3.10. The van der Waals surface area contributed by atoms with Crippen LogP contribution in [0.3, 0.4) is 0 Å². The number of rotatable bonds is 3. The Kier molecular flexibility index (Phi) is 5.34. The van der Waals surface area contributed by atoms with Gasteiger partial charge in [0.25, 0.3) is 11.5 Å². The zero-order valence-corrected chi connectivity index (χ0v) is 17.3. The Morgan fingerprint density at radius 3 is 2.28 bits per heavy atom. The lowest BCUT2D eigenvalue weighted by Gasteiger charge is -2.14. The standard InChI is InChI=1S/C25H19F3N2O2/c1-15-10-11-19(12-16(15)2)30-14-22(20-8-3-4-9-21(20)24(30)32)23(31)29-18-7-5-6-17(13-18)25(26,27)28/h3-14H,1-2H3,(H,29,31). The minimum Gasteiger partial charge on any atom is -0.322 e. The van der Waals surface area contributed by atoms with Crippen molar-refractivity contribution in [3.8, 4) is 5.69 Å². The summed E-state index contributed by atoms with van der Waals surface area (Å²) in [5.41, 5.74) is 1.67. The van der Waals surface area contributed by atoms with Crippen molar-refractivity contribution >= 4 is 22.4 Å². The minimum absolute atomic E-state index is 0.0119. The zero-order valence-electron chi connectivity index (χ0n) is 17.3. The van der Waals surface area contributed by atoms with Gasteiger partial charge < -0.3 is 5.32 Å². The molecule has 1 N–H and O–H groups in total. The monoisotopic (exact) mass is 436 g/mol. The number of carbonyl (C=O) groups is 1. The third kappa shape index (κ3) is 4.01. The van der Waals surface area contributed by atoms with E-state index in [1.165, 1.54) is 22.9 Å². The summed E-state index contributed by atoms with van der Waals surface area (Å²) in [6, 6.07) is 16.6. The topological polar surface area (TPSA) is 51.1 Å². The Bertz CT molecular complexity index is 1400. The number of anilines is 1. The first-order chi connectivity index (χ1) is 15.1. The molecule has 4 aromatic rings. The normalized spacial score (nSPS) is 11.5. The van der Waals surface area contributed by atoms with Crippen molar-refractivity contribution < 1.29 is 18.0 Å². The van der Waals surface area contributed by atoms with Crippen molar-refractivity contribution in [1.29, 1.82) is 0 Å². The Morgan fingerprint density at radius 2 is 1.59 bits per heavy atom. The van der Waals surface area contributed by atoms with Crippen molar-refractivity contribution in [2.75, 3.05) is 5.32 Å². The maximum absolute atomic E-state index is 13.1. The van der Waals surface area contributed by atoms with Gasteiger partial charge in [-0.15, -0.1) is 0 Å². The molecule has 0 saturated carbocycles. The third-order valence-electron chi connectivity index (χ3n) is 5.39. The van der Waals surface area contributed by atoms with Crippen LogP contribution in [0.15, 0.2) is 77.7 Å². The van der Waals surface area contributed by atoms with E-state index in [1.54, 1.807) is 30.3 Å². The second kappa shape index (κ2) is 8.00. The number of alkyl halides is 3. The molecule has 0 unspecified atom stereocenters. The number of hydrogen-bond acceptors (Lipinski definition) is 2. The Hall–Kier alpha value is -3.87. The molecule has 7 heteroatoms. The van der Waals surface area contributed by atoms with E-state index in [-0.39, 0.29) is 16.8 Å². The van der Waals surface area contributed by atoms with Crippen LogP contribution in [0.1, 0.15) is 27.0 Å². The van der Waals surface area contributed by atoms with Gasteiger partial charge in [-0.3, -0.25) is 14.2 Å². The molecule has 0 spiro atoms. The van der Waals surface area contributed by atoms with Crippen LogP contribution >= 0.6 is 0 Å². The molecule has 0 atom stereocenters. The van der Waals surface area contributed by atoms with Crippen molar-refractivity contribution in [2.45, 2.75) is 20.0 Å². The number of pyridine rings is 1. The lowest BCUT2D eigenvalue weighted by atomic mass is 10.1. The number of benzene rings is 3. The Balaban J connectivity index is 1.83. The van der Waals surface area contributed by atoms with E-state index in [9.17, 15) is 22.8 Å². The summed E-state index contributed by atoms with van der Waals surface area (Å²) < 4.78 is 40.5. The second-order valence-electron chi connectivity index (χ2n) is 7.56. The van der Waals surface area contributed by atoms with E-state index in [2.05, 4.69) is 5.32 Å². The molecule has 0 fully saturated rings. The molecule has 0 aliphatic heterocycles. The highest BCUT2D eigenvalue weighted by molar-refractivity contribution is 6.12. The van der Waals surface area contributed by atoms with E-state index in [4.69, 9.17) is 0 Å². The zero-order chi connectivity index (χ0) is 23.0. The lowest BCUT2D eigenvalue weighted by Crippen LogP contribution is -2.23. The van der Waals surface area contributed by atoms with Crippen molar-refractivity contribution in [2.24, 2.45) is 0 Å². The van der Waals surface area contributed by atoms with Crippen LogP contribution in [0.2, 0.25) is 0 Å². The Labute approximate surface area is 181 Å². The molecular weight excluding hydrogens is 417 g/mol. The van der Waals surface area contributed by atoms with Gasteiger partial charge in [-0.2, -0.15) is 13.2 Å². The molecule has 0 bridgehead atoms. The Morgan fingerprint density at radius 1 is 0.875 bits per heavy atom. The minimum atomic E-state index is -4.52. The number of carbonyl (C=O) groups excluding carboxylic acids is 1. The number of fused-ring (bicyclic) bond motifs is 1. The molecule has 0 aliphatic carbocycles. The number of amides is 1. The van der Waals surface area contributed by atoms with E-state index < -0.39 is 17.6 Å². The van der Waals surface area contributed by atoms with E-state index in [0.717, 1.165) is 23.3 Å². The number of aromatic nitrogens is 1. The van der Waals surface area contributed by atoms with Gasteiger partial charge in [0.05, 0.1) is 11.1 Å². The molecule has 0 aliphatic rings. The van der Waals surface area contributed by atoms with Crippen LogP contribution in [0.5, 0.6) is 0 Å². The van der Waals surface area contributed by atoms with Crippen LogP contribution in [-0.2, 0) is 6.18 Å². The highest BCUT2D eigenvalue weighted by Crippen LogP contribution is 2.31. The molecule has 4 nitrogen and oxygen atoms in total. The third-order valence-corrected chi connectivity index (χ3v) is 5.39. The maximum Gasteiger partial charge on any atom is 0.416 e. The van der Waals surface area contributed by atoms with Crippen LogP contribution in [0, 0.1) is 13.8 Å². The van der Waals surface area contributed by atoms with Crippen LogP contribution < -0.4 is 10.9 Å². The molecular formula is C25H19F3N2O2. The van der Waals surface area contributed by atoms with Gasteiger partial charge >= 0.3 is 6.18 Å². The SMILES string of the molecule is Cc1ccc(-n2cc(C(=O)Nc3cccc(C(F)(F)F)c3)c3ccccc3c2=O)cc1C. The highest BCUT2D eigenvalue weighted by Gasteiger charge is 2.30. The van der Waals surface area contributed by atoms with Gasteiger partial charge in [0.2, 0.25) is 0 Å². The van der Waals surface area contributed by atoms with Gasteiger partial charge in [0.15, 0.2) is 0 Å². The number of hydrogen-bond donors (Lipinski definition) is 1. The lowest BCUT2D eigenvalue weighted by molar-refractivity contribution is -0.137. The number of aryl methyl sites for hydroxylation is 2. The van der Waals surface area contributed by atoms with E-state index >= 15 is 0 Å². The molecule has 4 rings (SSSR count). The molecule has 0 saturated heterocycles. The summed E-state index contributed by atoms with van der Waals surface area (Å²) in [6.45, 7) is 3.88. The quantitative estimate of drug-likeness (QED) is 0.436.